The van der Waals surface area contributed by atoms with E-state index < -0.39 is 0 Å². The topological polar surface area (TPSA) is 58.2 Å². The molecule has 6 heteroatoms. The first-order valence-electron chi connectivity index (χ1n) is 4.98. The smallest absolute Gasteiger partial charge is 0.252 e. The van der Waals surface area contributed by atoms with Gasteiger partial charge < -0.3 is 10.6 Å². The largest absolute Gasteiger partial charge is 0.359 e. The molecule has 0 spiro atoms. The summed E-state index contributed by atoms with van der Waals surface area (Å²) in [6, 6.07) is 5.53. The SMILES string of the molecule is CNC(=O)CCNC(=O)c1cc(I)ccc1Br. The van der Waals surface area contributed by atoms with Crippen LogP contribution >= 0.6 is 38.5 Å². The van der Waals surface area contributed by atoms with Crippen LogP contribution in [-0.4, -0.2) is 25.4 Å². The minimum Gasteiger partial charge on any atom is -0.359 e. The zero-order chi connectivity index (χ0) is 12.8. The van der Waals surface area contributed by atoms with Crippen LogP contribution in [0.4, 0.5) is 0 Å². The number of hydrogen-bond donors (Lipinski definition) is 2. The molecule has 0 saturated heterocycles. The van der Waals surface area contributed by atoms with Gasteiger partial charge in [-0.25, -0.2) is 0 Å². The monoisotopic (exact) mass is 410 g/mol. The molecule has 0 bridgehead atoms. The van der Waals surface area contributed by atoms with Gasteiger partial charge >= 0.3 is 0 Å². The predicted molar refractivity (Wildman–Crippen MR) is 77.9 cm³/mol. The number of rotatable bonds is 4. The van der Waals surface area contributed by atoms with Crippen LogP contribution in [-0.2, 0) is 4.79 Å². The average Bonchev–Trinajstić information content (AvgIpc) is 2.31. The van der Waals surface area contributed by atoms with Crippen LogP contribution in [0.3, 0.4) is 0 Å². The summed E-state index contributed by atoms with van der Waals surface area (Å²) in [5.41, 5.74) is 0.578. The first-order valence-corrected chi connectivity index (χ1v) is 6.85. The lowest BCUT2D eigenvalue weighted by atomic mass is 10.2. The van der Waals surface area contributed by atoms with Crippen molar-refractivity contribution in [2.24, 2.45) is 0 Å². The highest BCUT2D eigenvalue weighted by molar-refractivity contribution is 14.1. The van der Waals surface area contributed by atoms with Crippen LogP contribution in [0.15, 0.2) is 22.7 Å². The van der Waals surface area contributed by atoms with Gasteiger partial charge in [-0.2, -0.15) is 0 Å². The highest BCUT2D eigenvalue weighted by atomic mass is 127. The number of amides is 2. The molecule has 0 aliphatic rings. The Bertz CT molecular complexity index is 437. The van der Waals surface area contributed by atoms with E-state index in [2.05, 4.69) is 49.2 Å². The lowest BCUT2D eigenvalue weighted by molar-refractivity contribution is -0.120. The highest BCUT2D eigenvalue weighted by Gasteiger charge is 2.10. The Labute approximate surface area is 122 Å². The van der Waals surface area contributed by atoms with Crippen LogP contribution in [0.2, 0.25) is 0 Å². The van der Waals surface area contributed by atoms with E-state index in [1.54, 1.807) is 13.1 Å². The van der Waals surface area contributed by atoms with E-state index in [-0.39, 0.29) is 18.2 Å². The molecule has 0 atom stereocenters. The summed E-state index contributed by atoms with van der Waals surface area (Å²) in [6.45, 7) is 0.330. The van der Waals surface area contributed by atoms with Crippen molar-refractivity contribution in [2.45, 2.75) is 6.42 Å². The molecule has 2 N–H and O–H groups in total. The predicted octanol–water partition coefficient (Wildman–Crippen LogP) is 1.92. The van der Waals surface area contributed by atoms with Crippen LogP contribution in [0.5, 0.6) is 0 Å². The Morgan fingerprint density at radius 3 is 2.76 bits per heavy atom. The van der Waals surface area contributed by atoms with Crippen molar-refractivity contribution in [3.8, 4) is 0 Å². The number of halogens is 2. The van der Waals surface area contributed by atoms with Crippen LogP contribution in [0, 0.1) is 3.57 Å². The third kappa shape index (κ3) is 4.63. The number of carbonyl (C=O) groups is 2. The maximum Gasteiger partial charge on any atom is 0.252 e. The molecule has 0 aliphatic heterocycles. The standard InChI is InChI=1S/C11H12BrIN2O2/c1-14-10(16)4-5-15-11(17)8-6-7(13)2-3-9(8)12/h2-3,6H,4-5H2,1H3,(H,14,16)(H,15,17). The third-order valence-corrected chi connectivity index (χ3v) is 3.45. The van der Waals surface area contributed by atoms with Crippen LogP contribution in [0.25, 0.3) is 0 Å². The van der Waals surface area contributed by atoms with Gasteiger partial charge in [0.15, 0.2) is 0 Å². The molecule has 1 aromatic rings. The number of nitrogens with one attached hydrogen (secondary N) is 2. The van der Waals surface area contributed by atoms with E-state index in [9.17, 15) is 9.59 Å². The number of benzene rings is 1. The highest BCUT2D eigenvalue weighted by Crippen LogP contribution is 2.19. The number of hydrogen-bond acceptors (Lipinski definition) is 2. The summed E-state index contributed by atoms with van der Waals surface area (Å²) in [5.74, 6) is -0.272. The first-order chi connectivity index (χ1) is 8.04. The molecule has 0 saturated carbocycles. The van der Waals surface area contributed by atoms with Crippen LogP contribution < -0.4 is 10.6 Å². The zero-order valence-corrected chi connectivity index (χ0v) is 13.0. The minimum atomic E-state index is -0.181. The van der Waals surface area contributed by atoms with Gasteiger partial charge in [0, 0.05) is 28.1 Å². The maximum absolute atomic E-state index is 11.8. The molecule has 1 rings (SSSR count). The second kappa shape index (κ2) is 6.95. The summed E-state index contributed by atoms with van der Waals surface area (Å²) in [6.07, 6.45) is 0.282. The van der Waals surface area contributed by atoms with Gasteiger partial charge in [0.2, 0.25) is 5.91 Å². The van der Waals surface area contributed by atoms with Crippen molar-refractivity contribution in [3.63, 3.8) is 0 Å². The molecule has 17 heavy (non-hydrogen) atoms. The lowest BCUT2D eigenvalue weighted by Gasteiger charge is -2.07. The molecule has 0 aromatic heterocycles. The zero-order valence-electron chi connectivity index (χ0n) is 9.22. The van der Waals surface area contributed by atoms with Gasteiger partial charge in [0.1, 0.15) is 0 Å². The summed E-state index contributed by atoms with van der Waals surface area (Å²) in [5, 5.41) is 5.20. The summed E-state index contributed by atoms with van der Waals surface area (Å²) in [4.78, 5) is 22.8. The Balaban J connectivity index is 2.58. The summed E-state index contributed by atoms with van der Waals surface area (Å²) >= 11 is 5.47. The second-order valence-electron chi connectivity index (χ2n) is 3.30. The quantitative estimate of drug-likeness (QED) is 0.745. The van der Waals surface area contributed by atoms with Crippen molar-refractivity contribution < 1.29 is 9.59 Å². The van der Waals surface area contributed by atoms with E-state index in [1.807, 2.05) is 12.1 Å². The van der Waals surface area contributed by atoms with E-state index in [0.717, 1.165) is 8.04 Å². The molecule has 0 fully saturated rings. The summed E-state index contributed by atoms with van der Waals surface area (Å²) < 4.78 is 1.73. The summed E-state index contributed by atoms with van der Waals surface area (Å²) in [7, 11) is 1.57. The van der Waals surface area contributed by atoms with Crippen molar-refractivity contribution in [1.29, 1.82) is 0 Å². The minimum absolute atomic E-state index is 0.0907. The molecule has 0 aliphatic carbocycles. The Morgan fingerprint density at radius 1 is 1.41 bits per heavy atom. The van der Waals surface area contributed by atoms with Gasteiger partial charge in [-0.3, -0.25) is 9.59 Å². The van der Waals surface area contributed by atoms with Gasteiger partial charge in [0.05, 0.1) is 5.56 Å². The molecule has 2 amide bonds. The van der Waals surface area contributed by atoms with Crippen molar-refractivity contribution in [1.82, 2.24) is 10.6 Å². The molecule has 92 valence electrons. The molecule has 0 unspecified atom stereocenters. The Hall–Kier alpha value is -0.630. The van der Waals surface area contributed by atoms with Gasteiger partial charge in [-0.05, 0) is 56.7 Å². The van der Waals surface area contributed by atoms with E-state index in [4.69, 9.17) is 0 Å². The van der Waals surface area contributed by atoms with Gasteiger partial charge in [0.25, 0.3) is 5.91 Å². The van der Waals surface area contributed by atoms with E-state index >= 15 is 0 Å². The molecular formula is C11H12BrIN2O2. The molecule has 0 radical (unpaired) electrons. The molecule has 1 aromatic carbocycles. The van der Waals surface area contributed by atoms with Crippen molar-refractivity contribution in [2.75, 3.05) is 13.6 Å². The third-order valence-electron chi connectivity index (χ3n) is 2.09. The molecule has 0 heterocycles. The average molecular weight is 411 g/mol. The van der Waals surface area contributed by atoms with E-state index in [1.165, 1.54) is 0 Å². The Kier molecular flexibility index (Phi) is 5.90. The number of carbonyl (C=O) groups excluding carboxylic acids is 2. The van der Waals surface area contributed by atoms with Crippen LogP contribution in [0.1, 0.15) is 16.8 Å². The Morgan fingerprint density at radius 2 is 2.12 bits per heavy atom. The lowest BCUT2D eigenvalue weighted by Crippen LogP contribution is -2.29. The fourth-order valence-corrected chi connectivity index (χ4v) is 2.10. The van der Waals surface area contributed by atoms with Crippen molar-refractivity contribution in [3.05, 3.63) is 31.8 Å². The molecular weight excluding hydrogens is 399 g/mol. The fraction of sp³-hybridized carbons (Fsp3) is 0.273. The maximum atomic E-state index is 11.8. The second-order valence-corrected chi connectivity index (χ2v) is 5.40. The molecule has 4 nitrogen and oxygen atoms in total. The van der Waals surface area contributed by atoms with E-state index in [0.29, 0.717) is 12.1 Å². The van der Waals surface area contributed by atoms with Gasteiger partial charge in [-0.1, -0.05) is 0 Å². The van der Waals surface area contributed by atoms with Crippen molar-refractivity contribution >= 4 is 50.3 Å². The van der Waals surface area contributed by atoms with Gasteiger partial charge in [-0.15, -0.1) is 0 Å². The first kappa shape index (κ1) is 14.4. The fourth-order valence-electron chi connectivity index (χ4n) is 1.18. The normalized spacial score (nSPS) is 9.82.